The lowest BCUT2D eigenvalue weighted by Gasteiger charge is -2.46. The first-order valence-corrected chi connectivity index (χ1v) is 44.4. The lowest BCUT2D eigenvalue weighted by atomic mass is 9.33. The second kappa shape index (κ2) is 30.8. The van der Waals surface area contributed by atoms with Gasteiger partial charge in [0.25, 0.3) is 6.71 Å². The lowest BCUT2D eigenvalue weighted by Crippen LogP contribution is -2.61. The van der Waals surface area contributed by atoms with Gasteiger partial charge in [0.2, 0.25) is 0 Å². The highest BCUT2D eigenvalue weighted by Crippen LogP contribution is 2.56. The molecule has 0 saturated carbocycles. The van der Waals surface area contributed by atoms with Crippen molar-refractivity contribution in [3.8, 4) is 108 Å². The molecule has 2 aliphatic rings. The first-order valence-electron chi connectivity index (χ1n) is 52.4. The highest BCUT2D eigenvalue weighted by molar-refractivity contribution is 7.00. The van der Waals surface area contributed by atoms with Crippen LogP contribution in [0.2, 0.25) is 0 Å². The van der Waals surface area contributed by atoms with Gasteiger partial charge in [0.1, 0.15) is 0 Å². The van der Waals surface area contributed by atoms with Gasteiger partial charge in [0.15, 0.2) is 34.9 Å². The second-order valence-electron chi connectivity index (χ2n) is 37.0. The van der Waals surface area contributed by atoms with Gasteiger partial charge in [0.05, 0.1) is 72.1 Å². The van der Waals surface area contributed by atoms with Gasteiger partial charge in [-0.1, -0.05) is 347 Å². The van der Waals surface area contributed by atoms with Gasteiger partial charge in [0, 0.05) is 111 Å². The molecule has 5 aromatic heterocycles. The Hall–Kier alpha value is -16.2. The molecule has 7 heterocycles. The zero-order valence-corrected chi connectivity index (χ0v) is 73.8. The number of nitrogens with zero attached hydrogens (tertiary/aromatic N) is 11. The van der Waals surface area contributed by atoms with Gasteiger partial charge in [-0.05, 0) is 170 Å². The summed E-state index contributed by atoms with van der Waals surface area (Å²) in [6, 6.07) is 90.1. The van der Waals surface area contributed by atoms with Crippen molar-refractivity contribution in [2.24, 2.45) is 0 Å². The molecule has 132 heavy (non-hydrogen) atoms. The summed E-state index contributed by atoms with van der Waals surface area (Å²) in [6.07, 6.45) is 0. The molecule has 0 fully saturated rings. The molecule has 24 rings (SSSR count). The van der Waals surface area contributed by atoms with Crippen molar-refractivity contribution in [2.45, 2.75) is 78.6 Å². The fourth-order valence-corrected chi connectivity index (χ4v) is 19.4. The van der Waals surface area contributed by atoms with E-state index >= 15 is 0 Å². The van der Waals surface area contributed by atoms with Crippen LogP contribution in [-0.2, 0) is 16.2 Å². The van der Waals surface area contributed by atoms with Crippen LogP contribution in [0.15, 0.2) is 394 Å². The SMILES string of the molecule is [2H]c1c([2H])c([2H])c2c(c1[2H])c1c([2H])c([2H])c([2H])c([2H])c1n2-c1ccc2c(c1)N(c1c(-c3ccccc3)cc(C(C)(C)C)cc1-c1ccccc1)c1cc(-n3c4ccc(C(C)(C)C)cc4c4cc(C(C)(C)C)ccc43)cc3c1B2c1ccc(-n2c4c([2H])c([2H])c([2H])c([2H])c4c4c([2H])c([2H])c([2H])c([2H])c42)cc1N3c1c(-c2nc(-c3ccccc3)nc(-c3ccccc3)n2)cccc1-c1nc(-c2ccccc2)nc(-c2ccccc2)n1. The van der Waals surface area contributed by atoms with Crippen molar-refractivity contribution in [3.05, 3.63) is 411 Å². The van der Waals surface area contributed by atoms with E-state index in [9.17, 15) is 21.9 Å². The predicted octanol–water partition coefficient (Wildman–Crippen LogP) is 28.7. The number of para-hydroxylation sites is 5. The van der Waals surface area contributed by atoms with Gasteiger partial charge in [-0.15, -0.1) is 0 Å². The van der Waals surface area contributed by atoms with E-state index in [4.69, 9.17) is 29.9 Å². The molecular formula is C120H92BN11. The molecule has 17 aromatic carbocycles. The molecule has 0 bridgehead atoms. The van der Waals surface area contributed by atoms with Crippen LogP contribution in [0.4, 0.5) is 34.1 Å². The van der Waals surface area contributed by atoms with E-state index in [2.05, 4.69) is 162 Å². The lowest BCUT2D eigenvalue weighted by molar-refractivity contribution is 0.590. The highest BCUT2D eigenvalue weighted by atomic mass is 15.2. The van der Waals surface area contributed by atoms with Gasteiger partial charge in [-0.2, -0.15) is 0 Å². The summed E-state index contributed by atoms with van der Waals surface area (Å²) in [6.45, 7) is 18.9. The van der Waals surface area contributed by atoms with Crippen LogP contribution in [0.25, 0.3) is 173 Å². The summed E-state index contributed by atoms with van der Waals surface area (Å²) in [5.74, 6) is 1.67. The van der Waals surface area contributed by atoms with E-state index in [1.807, 2.05) is 212 Å². The number of hydrogen-bond acceptors (Lipinski definition) is 8. The molecule has 0 amide bonds. The first-order chi connectivity index (χ1) is 71.0. The molecule has 0 aliphatic carbocycles. The summed E-state index contributed by atoms with van der Waals surface area (Å²) in [7, 11) is 0. The molecule has 12 heteroatoms. The largest absolute Gasteiger partial charge is 0.310 e. The van der Waals surface area contributed by atoms with E-state index in [1.54, 1.807) is 4.57 Å². The number of hydrogen-bond donors (Lipinski definition) is 0. The van der Waals surface area contributed by atoms with Crippen molar-refractivity contribution in [1.29, 1.82) is 0 Å². The van der Waals surface area contributed by atoms with Crippen LogP contribution < -0.4 is 26.2 Å². The van der Waals surface area contributed by atoms with E-state index in [1.165, 1.54) is 4.57 Å². The van der Waals surface area contributed by atoms with E-state index < -0.39 is 109 Å². The standard InChI is InChI=1S/C120H92BN11/c1-118(2,3)81-59-65-103-95(67-81)96-68-82(119(4,5)6)60-66-104(96)130(103)86-73-107-109-108(74-86)132(111-93(75-37-16-10-17-38-75)69-83(120(7,8)9)70-94(111)76-39-18-11-19-40-76)106-72-85(129-101-57-34-30-51-89(101)90-52-31-35-58-102(90)129)62-64-98(106)121(109)97-63-61-84(128-99-55-32-28-49-87(99)88-50-29-33-56-100(88)128)71-105(97)131(107)110-91(116-124-112(77-41-20-12-21-42-77)122-113(125-116)78-43-22-13-23-44-78)53-36-54-92(110)117-126-114(79-45-24-14-25-46-79)123-115(127-117)80-47-26-15-27-48-80/h10-74H,1-9H3/i28D,29D,30D,31D,32D,33D,34D,35D,49D,50D,51D,52D,55D,56D,57D,58D. The third kappa shape index (κ3) is 13.2. The zero-order valence-electron chi connectivity index (χ0n) is 89.8. The Morgan fingerprint density at radius 1 is 0.235 bits per heavy atom. The van der Waals surface area contributed by atoms with Crippen molar-refractivity contribution in [2.75, 3.05) is 9.80 Å². The molecule has 0 atom stereocenters. The summed E-state index contributed by atoms with van der Waals surface area (Å²) in [5, 5.41) is 1.39. The molecule has 11 nitrogen and oxygen atoms in total. The smallest absolute Gasteiger partial charge is 0.252 e. The first kappa shape index (κ1) is 63.7. The Balaban J connectivity index is 0.956. The van der Waals surface area contributed by atoms with Crippen LogP contribution >= 0.6 is 0 Å². The monoisotopic (exact) mass is 1710 g/mol. The summed E-state index contributed by atoms with van der Waals surface area (Å²) in [5.41, 5.74) is 15.8. The van der Waals surface area contributed by atoms with Crippen LogP contribution in [0, 0.1) is 0 Å². The second-order valence-corrected chi connectivity index (χ2v) is 37.0. The number of fused-ring (bicyclic) bond motifs is 13. The normalized spacial score (nSPS) is 14.4. The number of rotatable bonds is 13. The molecule has 22 aromatic rings. The van der Waals surface area contributed by atoms with Crippen molar-refractivity contribution in [1.82, 2.24) is 43.6 Å². The Kier molecular flexibility index (Phi) is 14.9. The minimum atomic E-state index is -0.995. The molecule has 0 saturated heterocycles. The molecule has 0 radical (unpaired) electrons. The molecule has 630 valence electrons. The van der Waals surface area contributed by atoms with Crippen molar-refractivity contribution < 1.29 is 21.9 Å². The van der Waals surface area contributed by atoms with Gasteiger partial charge >= 0.3 is 0 Å². The van der Waals surface area contributed by atoms with Crippen molar-refractivity contribution in [3.63, 3.8) is 0 Å². The third-order valence-electron chi connectivity index (χ3n) is 25.9. The van der Waals surface area contributed by atoms with Crippen LogP contribution in [-0.4, -0.2) is 50.3 Å². The van der Waals surface area contributed by atoms with Gasteiger partial charge in [-0.3, -0.25) is 0 Å². The number of anilines is 6. The maximum Gasteiger partial charge on any atom is 0.252 e. The number of benzene rings is 17. The summed E-state index contributed by atoms with van der Waals surface area (Å²) >= 11 is 0. The van der Waals surface area contributed by atoms with Crippen molar-refractivity contribution >= 4 is 123 Å². The van der Waals surface area contributed by atoms with Gasteiger partial charge in [-0.25, -0.2) is 29.9 Å². The Labute approximate surface area is 790 Å². The predicted molar refractivity (Wildman–Crippen MR) is 550 cm³/mol. The molecule has 0 unspecified atom stereocenters. The number of aromatic nitrogens is 9. The minimum Gasteiger partial charge on any atom is -0.310 e. The zero-order chi connectivity index (χ0) is 103. The Bertz CT molecular complexity index is 8890. The fourth-order valence-electron chi connectivity index (χ4n) is 19.4. The minimum absolute atomic E-state index is 0.101. The van der Waals surface area contributed by atoms with E-state index in [-0.39, 0.29) is 77.5 Å². The third-order valence-corrected chi connectivity index (χ3v) is 25.9. The molecule has 2 aliphatic heterocycles. The van der Waals surface area contributed by atoms with E-state index in [0.29, 0.717) is 113 Å². The Morgan fingerprint density at radius 3 is 0.864 bits per heavy atom. The van der Waals surface area contributed by atoms with Crippen LogP contribution in [0.3, 0.4) is 0 Å². The Morgan fingerprint density at radius 2 is 0.530 bits per heavy atom. The fraction of sp³-hybridized carbons (Fsp3) is 0.100. The van der Waals surface area contributed by atoms with Gasteiger partial charge < -0.3 is 23.5 Å². The average Bonchev–Trinajstić information content (AvgIpc) is 0.999. The molecule has 0 N–H and O–H groups in total. The highest BCUT2D eigenvalue weighted by Gasteiger charge is 2.47. The quantitative estimate of drug-likeness (QED) is 0.105. The van der Waals surface area contributed by atoms with Crippen LogP contribution in [0.1, 0.15) is 101 Å². The maximum atomic E-state index is 10.2. The maximum absolute atomic E-state index is 10.2. The van der Waals surface area contributed by atoms with E-state index in [0.717, 1.165) is 60.8 Å². The molecule has 0 spiro atoms. The summed E-state index contributed by atoms with van der Waals surface area (Å²) < 4.78 is 162. The summed E-state index contributed by atoms with van der Waals surface area (Å²) in [4.78, 5) is 38.0. The topological polar surface area (TPSA) is 98.6 Å². The van der Waals surface area contributed by atoms with Crippen LogP contribution in [0.5, 0.6) is 0 Å². The molecular weight excluding hydrogens is 1610 g/mol. The average molecular weight is 1720 g/mol.